The molecule has 0 fully saturated rings. The Morgan fingerprint density at radius 2 is 2.00 bits per heavy atom. The third kappa shape index (κ3) is 2.15. The summed E-state index contributed by atoms with van der Waals surface area (Å²) in [5, 5.41) is 0. The second kappa shape index (κ2) is 2.84. The summed E-state index contributed by atoms with van der Waals surface area (Å²) in [6.45, 7) is 6.10. The number of hydrogen-bond acceptors (Lipinski definition) is 2. The van der Waals surface area contributed by atoms with Crippen molar-refractivity contribution in [1.82, 2.24) is 4.30 Å². The van der Waals surface area contributed by atoms with Gasteiger partial charge in [0, 0.05) is 11.6 Å². The van der Waals surface area contributed by atoms with E-state index in [1.165, 1.54) is 0 Å². The highest BCUT2D eigenvalue weighted by Crippen LogP contribution is 2.03. The molecular weight excluding hydrogens is 115 g/mol. The quantitative estimate of drug-likeness (QED) is 0.505. The lowest BCUT2D eigenvalue weighted by Gasteiger charge is -2.29. The van der Waals surface area contributed by atoms with Crippen molar-refractivity contribution in [2.24, 2.45) is 5.73 Å². The van der Waals surface area contributed by atoms with Crippen molar-refractivity contribution in [3.05, 3.63) is 0 Å². The van der Waals surface area contributed by atoms with Crippen LogP contribution in [-0.2, 0) is 0 Å². The Labute approximate surface area is 59.5 Å². The zero-order chi connectivity index (χ0) is 6.78. The molecule has 0 aromatic heterocycles. The monoisotopic (exact) mass is 128 g/mol. The molecule has 0 unspecified atom stereocenters. The van der Waals surface area contributed by atoms with Gasteiger partial charge in [0.15, 0.2) is 0 Å². The van der Waals surface area contributed by atoms with Gasteiger partial charge in [0.25, 0.3) is 16.5 Å². The van der Waals surface area contributed by atoms with Crippen LogP contribution in [0.25, 0.3) is 0 Å². The molecule has 0 aliphatic heterocycles. The first-order chi connectivity index (χ1) is 3.50. The highest BCUT2D eigenvalue weighted by atomic mass is 27.1. The van der Waals surface area contributed by atoms with Crippen molar-refractivity contribution in [3.8, 4) is 0 Å². The zero-order valence-corrected chi connectivity index (χ0v) is 6.89. The predicted octanol–water partition coefficient (Wildman–Crippen LogP) is -0.215. The number of nitrogens with one attached hydrogen (secondary N) is 1. The molecule has 3 heteroatoms. The normalized spacial score (nSPS) is 16.0. The fourth-order valence-electron chi connectivity index (χ4n) is 0.131. The second-order valence-electron chi connectivity index (χ2n) is 2.65. The molecule has 2 radical (unpaired) electrons. The first-order valence-electron chi connectivity index (χ1n) is 2.74. The molecule has 2 nitrogen and oxygen atoms in total. The van der Waals surface area contributed by atoms with E-state index >= 15 is 0 Å². The lowest BCUT2D eigenvalue weighted by molar-refractivity contribution is 0.398. The van der Waals surface area contributed by atoms with E-state index in [4.69, 9.17) is 5.73 Å². The molecule has 3 N–H and O–H groups in total. The minimum atomic E-state index is 0.0324. The fourth-order valence-corrected chi connectivity index (χ4v) is 0.394. The Hall–Kier alpha value is 0.452. The number of rotatable bonds is 2. The standard InChI is InChI=1S/C5H13N2.Al/c1-4(6)5(2,3)7;/h4,7H,6H2,1-3H3;/q-1;+1/t4-;/m1./s1. The average molecular weight is 128 g/mol. The van der Waals surface area contributed by atoms with Gasteiger partial charge in [-0.1, -0.05) is 0 Å². The summed E-state index contributed by atoms with van der Waals surface area (Å²) in [4.78, 5) is 0. The summed E-state index contributed by atoms with van der Waals surface area (Å²) in [5.74, 6) is 0. The number of hydrogen-bond donors (Lipinski definition) is 2. The Morgan fingerprint density at radius 1 is 1.62 bits per heavy atom. The molecule has 8 heavy (non-hydrogen) atoms. The largest absolute Gasteiger partial charge is 0.409 e. The van der Waals surface area contributed by atoms with Crippen LogP contribution in [0.2, 0.25) is 0 Å². The third-order valence-electron chi connectivity index (χ3n) is 1.51. The minimum Gasteiger partial charge on any atom is -0.409 e. The molecule has 0 aliphatic rings. The smallest absolute Gasteiger partial charge is 0.252 e. The summed E-state index contributed by atoms with van der Waals surface area (Å²) < 4.78 is 3.03. The van der Waals surface area contributed by atoms with Crippen LogP contribution in [0.4, 0.5) is 0 Å². The van der Waals surface area contributed by atoms with E-state index in [2.05, 4.69) is 34.7 Å². The molecule has 0 saturated heterocycles. The first-order valence-corrected chi connectivity index (χ1v) is 3.32. The molecule has 0 aromatic rings. The van der Waals surface area contributed by atoms with E-state index < -0.39 is 0 Å². The summed E-state index contributed by atoms with van der Waals surface area (Å²) in [5.41, 5.74) is 5.64. The predicted molar refractivity (Wildman–Crippen MR) is 36.6 cm³/mol. The summed E-state index contributed by atoms with van der Waals surface area (Å²) in [6.07, 6.45) is 0. The maximum atomic E-state index is 5.60. The Morgan fingerprint density at radius 3 is 2.00 bits per heavy atom. The van der Waals surface area contributed by atoms with Gasteiger partial charge >= 0.3 is 0 Å². The van der Waals surface area contributed by atoms with Crippen LogP contribution < -0.4 is 10.0 Å². The van der Waals surface area contributed by atoms with Crippen molar-refractivity contribution in [2.75, 3.05) is 0 Å². The fraction of sp³-hybridized carbons (Fsp3) is 1.00. The Kier molecular flexibility index (Phi) is 3.00. The molecule has 46 valence electrons. The third-order valence-corrected chi connectivity index (χ3v) is 2.25. The van der Waals surface area contributed by atoms with Crippen molar-refractivity contribution in [1.29, 1.82) is 0 Å². The van der Waals surface area contributed by atoms with Crippen molar-refractivity contribution in [2.45, 2.75) is 32.4 Å². The molecule has 0 aliphatic carbocycles. The van der Waals surface area contributed by atoms with Gasteiger partial charge in [0.05, 0.1) is 0 Å². The van der Waals surface area contributed by atoms with E-state index in [0.717, 1.165) is 0 Å². The Balaban J connectivity index is 3.71. The lowest BCUT2D eigenvalue weighted by atomic mass is 9.99. The summed E-state index contributed by atoms with van der Waals surface area (Å²) >= 11 is 2.46. The van der Waals surface area contributed by atoms with Crippen LogP contribution in [0.5, 0.6) is 0 Å². The first kappa shape index (κ1) is 8.45. The van der Waals surface area contributed by atoms with Crippen molar-refractivity contribution in [3.63, 3.8) is 0 Å². The van der Waals surface area contributed by atoms with E-state index in [-0.39, 0.29) is 11.6 Å². The number of nitrogens with two attached hydrogens (primary N) is 1. The van der Waals surface area contributed by atoms with E-state index in [9.17, 15) is 0 Å². The van der Waals surface area contributed by atoms with E-state index in [0.29, 0.717) is 0 Å². The van der Waals surface area contributed by atoms with Gasteiger partial charge < -0.3 is 10.0 Å². The highest BCUT2D eigenvalue weighted by molar-refractivity contribution is 6.04. The molecule has 0 aromatic carbocycles. The van der Waals surface area contributed by atoms with Crippen LogP contribution in [0, 0.1) is 0 Å². The molecule has 0 heterocycles. The van der Waals surface area contributed by atoms with Crippen LogP contribution in [-0.4, -0.2) is 28.1 Å². The van der Waals surface area contributed by atoms with Gasteiger partial charge in [0.2, 0.25) is 0 Å². The van der Waals surface area contributed by atoms with E-state index in [1.807, 2.05) is 6.92 Å². The van der Waals surface area contributed by atoms with Crippen molar-refractivity contribution < 1.29 is 0 Å². The minimum absolute atomic E-state index is 0.0324. The topological polar surface area (TPSA) is 38.0 Å². The summed E-state index contributed by atoms with van der Waals surface area (Å²) in [6, 6.07) is 0.181. The van der Waals surface area contributed by atoms with Crippen molar-refractivity contribution >= 4 is 16.5 Å². The maximum Gasteiger partial charge on any atom is 0.252 e. The maximum absolute atomic E-state index is 5.60. The molecule has 0 amide bonds. The van der Waals surface area contributed by atoms with Gasteiger partial charge in [-0.3, -0.25) is 0 Å². The second-order valence-corrected chi connectivity index (χ2v) is 2.94. The Bertz CT molecular complexity index is 70.8. The van der Waals surface area contributed by atoms with Gasteiger partial charge in [0.1, 0.15) is 0 Å². The molecule has 0 rings (SSSR count). The van der Waals surface area contributed by atoms with Gasteiger partial charge in [-0.2, -0.15) is 0 Å². The lowest BCUT2D eigenvalue weighted by Crippen LogP contribution is -2.51. The average Bonchev–Trinajstić information content (AvgIpc) is 1.67. The van der Waals surface area contributed by atoms with Crippen LogP contribution in [0.1, 0.15) is 20.8 Å². The SMILES string of the molecule is C[C@@H](N)C(C)(C)[NH][Al]. The molecule has 0 spiro atoms. The highest BCUT2D eigenvalue weighted by Gasteiger charge is 2.17. The molecule has 0 saturated carbocycles. The van der Waals surface area contributed by atoms with Gasteiger partial charge in [-0.15, -0.1) is 0 Å². The molecule has 1 atom stereocenters. The van der Waals surface area contributed by atoms with Crippen LogP contribution in [0.3, 0.4) is 0 Å². The van der Waals surface area contributed by atoms with Crippen LogP contribution in [0.15, 0.2) is 0 Å². The molecule has 0 bridgehead atoms. The van der Waals surface area contributed by atoms with Crippen LogP contribution >= 0.6 is 0 Å². The van der Waals surface area contributed by atoms with Gasteiger partial charge in [-0.25, -0.2) is 0 Å². The zero-order valence-electron chi connectivity index (χ0n) is 5.73. The van der Waals surface area contributed by atoms with Gasteiger partial charge in [-0.05, 0) is 20.8 Å². The summed E-state index contributed by atoms with van der Waals surface area (Å²) in [7, 11) is 0. The molecular formula is C5H13AlN2. The van der Waals surface area contributed by atoms with E-state index in [1.54, 1.807) is 0 Å².